The molecule has 2 N–H and O–H groups in total. The van der Waals surface area contributed by atoms with E-state index >= 15 is 0 Å². The average molecular weight is 187 g/mol. The predicted molar refractivity (Wildman–Crippen MR) is 52.5 cm³/mol. The van der Waals surface area contributed by atoms with Gasteiger partial charge in [0, 0.05) is 19.5 Å². The molecule has 0 aromatic rings. The number of β-amino-alcohol motifs (C(OH)–C–C–N with tert-alkyl or cyclic N) is 2. The van der Waals surface area contributed by atoms with E-state index in [2.05, 4.69) is 18.7 Å². The van der Waals surface area contributed by atoms with Gasteiger partial charge in [0.05, 0.1) is 12.2 Å². The molecule has 1 heterocycles. The van der Waals surface area contributed by atoms with Gasteiger partial charge < -0.3 is 10.2 Å². The molecule has 3 nitrogen and oxygen atoms in total. The predicted octanol–water partition coefficient (Wildman–Crippen LogP) is 0.460. The summed E-state index contributed by atoms with van der Waals surface area (Å²) < 4.78 is 0. The van der Waals surface area contributed by atoms with Crippen molar-refractivity contribution in [3.05, 3.63) is 0 Å². The van der Waals surface area contributed by atoms with Gasteiger partial charge in [0.2, 0.25) is 0 Å². The third-order valence-electron chi connectivity index (χ3n) is 2.50. The molecule has 1 fully saturated rings. The molecule has 1 saturated heterocycles. The minimum Gasteiger partial charge on any atom is -0.392 e. The Morgan fingerprint density at radius 3 is 2.23 bits per heavy atom. The number of hydrogen-bond acceptors (Lipinski definition) is 3. The van der Waals surface area contributed by atoms with Gasteiger partial charge in [-0.15, -0.1) is 0 Å². The van der Waals surface area contributed by atoms with Crippen LogP contribution in [-0.4, -0.2) is 47.0 Å². The molecule has 0 saturated carbocycles. The van der Waals surface area contributed by atoms with Crippen LogP contribution in [0.1, 0.15) is 26.7 Å². The summed E-state index contributed by atoms with van der Waals surface area (Å²) in [5, 5.41) is 18.8. The van der Waals surface area contributed by atoms with Gasteiger partial charge in [-0.3, -0.25) is 4.90 Å². The molecular weight excluding hydrogens is 166 g/mol. The van der Waals surface area contributed by atoms with Gasteiger partial charge in [-0.25, -0.2) is 0 Å². The second-order valence-electron chi connectivity index (χ2n) is 4.49. The summed E-state index contributed by atoms with van der Waals surface area (Å²) in [6.07, 6.45) is 1.00. The van der Waals surface area contributed by atoms with Crippen LogP contribution in [0, 0.1) is 5.92 Å². The summed E-state index contributed by atoms with van der Waals surface area (Å²) in [6.45, 7) is 6.83. The van der Waals surface area contributed by atoms with Gasteiger partial charge >= 0.3 is 0 Å². The summed E-state index contributed by atoms with van der Waals surface area (Å²) in [6, 6.07) is 0. The maximum absolute atomic E-state index is 9.41. The first-order valence-electron chi connectivity index (χ1n) is 5.16. The van der Waals surface area contributed by atoms with Crippen molar-refractivity contribution in [2.24, 2.45) is 5.92 Å². The molecule has 1 aliphatic heterocycles. The Kier molecular flexibility index (Phi) is 4.16. The maximum atomic E-state index is 9.41. The van der Waals surface area contributed by atoms with Crippen LogP contribution < -0.4 is 0 Å². The summed E-state index contributed by atoms with van der Waals surface area (Å²) in [5.41, 5.74) is 0. The largest absolute Gasteiger partial charge is 0.392 e. The van der Waals surface area contributed by atoms with Crippen LogP contribution in [0.4, 0.5) is 0 Å². The van der Waals surface area contributed by atoms with E-state index in [4.69, 9.17) is 0 Å². The van der Waals surface area contributed by atoms with Crippen LogP contribution in [0.2, 0.25) is 0 Å². The van der Waals surface area contributed by atoms with Crippen molar-refractivity contribution in [1.82, 2.24) is 4.90 Å². The molecule has 0 radical (unpaired) electrons. The molecular formula is C10H21NO2. The van der Waals surface area contributed by atoms with Crippen molar-refractivity contribution >= 4 is 0 Å². The topological polar surface area (TPSA) is 43.7 Å². The highest BCUT2D eigenvalue weighted by Crippen LogP contribution is 2.12. The van der Waals surface area contributed by atoms with E-state index in [1.807, 2.05) is 0 Å². The minimum absolute atomic E-state index is 0.337. The van der Waals surface area contributed by atoms with Gasteiger partial charge in [-0.2, -0.15) is 0 Å². The van der Waals surface area contributed by atoms with Crippen LogP contribution in [0.25, 0.3) is 0 Å². The molecule has 13 heavy (non-hydrogen) atoms. The molecule has 1 aliphatic rings. The molecule has 1 rings (SSSR count). The number of likely N-dealkylation sites (tertiary alicyclic amines) is 1. The lowest BCUT2D eigenvalue weighted by atomic mass is 10.0. The SMILES string of the molecule is CC(C)CCN1C[C@H](O)C[C@H](O)C1. The lowest BCUT2D eigenvalue weighted by Crippen LogP contribution is -2.46. The lowest BCUT2D eigenvalue weighted by Gasteiger charge is -2.33. The first-order chi connectivity index (χ1) is 6.08. The number of aliphatic hydroxyl groups excluding tert-OH is 2. The second-order valence-corrected chi connectivity index (χ2v) is 4.49. The first kappa shape index (κ1) is 11.0. The molecule has 0 bridgehead atoms. The van der Waals surface area contributed by atoms with Crippen molar-refractivity contribution in [3.63, 3.8) is 0 Å². The standard InChI is InChI=1S/C10H21NO2/c1-8(2)3-4-11-6-9(12)5-10(13)7-11/h8-10,12-13H,3-7H2,1-2H3/t9-,10+. The fraction of sp³-hybridized carbons (Fsp3) is 1.00. The van der Waals surface area contributed by atoms with Crippen LogP contribution in [-0.2, 0) is 0 Å². The summed E-state index contributed by atoms with van der Waals surface area (Å²) >= 11 is 0. The summed E-state index contributed by atoms with van der Waals surface area (Å²) in [7, 11) is 0. The van der Waals surface area contributed by atoms with Crippen LogP contribution in [0.5, 0.6) is 0 Å². The fourth-order valence-electron chi connectivity index (χ4n) is 1.76. The van der Waals surface area contributed by atoms with Crippen LogP contribution in [0.3, 0.4) is 0 Å². The highest BCUT2D eigenvalue weighted by molar-refractivity contribution is 4.78. The van der Waals surface area contributed by atoms with Crippen LogP contribution >= 0.6 is 0 Å². The fourth-order valence-corrected chi connectivity index (χ4v) is 1.76. The molecule has 0 aromatic heterocycles. The molecule has 0 aliphatic carbocycles. The van der Waals surface area contributed by atoms with E-state index in [9.17, 15) is 10.2 Å². The van der Waals surface area contributed by atoms with Gasteiger partial charge in [0.15, 0.2) is 0 Å². The molecule has 0 spiro atoms. The van der Waals surface area contributed by atoms with Crippen molar-refractivity contribution in [3.8, 4) is 0 Å². The Morgan fingerprint density at radius 1 is 1.23 bits per heavy atom. The zero-order valence-corrected chi connectivity index (χ0v) is 8.61. The van der Waals surface area contributed by atoms with E-state index in [-0.39, 0.29) is 12.2 Å². The van der Waals surface area contributed by atoms with Crippen molar-refractivity contribution in [1.29, 1.82) is 0 Å². The van der Waals surface area contributed by atoms with Gasteiger partial charge in [-0.05, 0) is 18.9 Å². The summed E-state index contributed by atoms with van der Waals surface area (Å²) in [5.74, 6) is 0.691. The van der Waals surface area contributed by atoms with Gasteiger partial charge in [-0.1, -0.05) is 13.8 Å². The lowest BCUT2D eigenvalue weighted by molar-refractivity contribution is -0.00921. The third-order valence-corrected chi connectivity index (χ3v) is 2.50. The average Bonchev–Trinajstić information content (AvgIpc) is 1.99. The number of piperidine rings is 1. The Bertz CT molecular complexity index is 140. The third kappa shape index (κ3) is 4.07. The number of aliphatic hydroxyl groups is 2. The van der Waals surface area contributed by atoms with Crippen molar-refractivity contribution < 1.29 is 10.2 Å². The highest BCUT2D eigenvalue weighted by atomic mass is 16.3. The Balaban J connectivity index is 2.25. The second kappa shape index (κ2) is 4.94. The first-order valence-corrected chi connectivity index (χ1v) is 5.16. The van der Waals surface area contributed by atoms with E-state index < -0.39 is 0 Å². The minimum atomic E-state index is -0.337. The highest BCUT2D eigenvalue weighted by Gasteiger charge is 2.23. The monoisotopic (exact) mass is 187 g/mol. The van der Waals surface area contributed by atoms with Crippen molar-refractivity contribution in [2.75, 3.05) is 19.6 Å². The summed E-state index contributed by atoms with van der Waals surface area (Å²) in [4.78, 5) is 2.15. The zero-order chi connectivity index (χ0) is 9.84. The normalized spacial score (nSPS) is 31.2. The molecule has 0 unspecified atom stereocenters. The van der Waals surface area contributed by atoms with Crippen molar-refractivity contribution in [2.45, 2.75) is 38.9 Å². The van der Waals surface area contributed by atoms with Gasteiger partial charge in [0.25, 0.3) is 0 Å². The quantitative estimate of drug-likeness (QED) is 0.674. The number of hydrogen-bond donors (Lipinski definition) is 2. The van der Waals surface area contributed by atoms with E-state index in [1.54, 1.807) is 0 Å². The van der Waals surface area contributed by atoms with E-state index in [0.717, 1.165) is 26.1 Å². The number of rotatable bonds is 3. The van der Waals surface area contributed by atoms with E-state index in [1.165, 1.54) is 0 Å². The molecule has 0 amide bonds. The molecule has 0 aromatic carbocycles. The maximum Gasteiger partial charge on any atom is 0.0692 e. The van der Waals surface area contributed by atoms with E-state index in [0.29, 0.717) is 12.3 Å². The number of nitrogens with zero attached hydrogens (tertiary/aromatic N) is 1. The Hall–Kier alpha value is -0.120. The molecule has 3 heteroatoms. The Morgan fingerprint density at radius 2 is 1.77 bits per heavy atom. The molecule has 2 atom stereocenters. The van der Waals surface area contributed by atoms with Crippen LogP contribution in [0.15, 0.2) is 0 Å². The smallest absolute Gasteiger partial charge is 0.0692 e. The molecule has 78 valence electrons. The van der Waals surface area contributed by atoms with Gasteiger partial charge in [0.1, 0.15) is 0 Å². The Labute approximate surface area is 80.4 Å². The zero-order valence-electron chi connectivity index (χ0n) is 8.61.